The first-order chi connectivity index (χ1) is 12.6. The van der Waals surface area contributed by atoms with E-state index in [2.05, 4.69) is 11.4 Å². The Morgan fingerprint density at radius 1 is 1.08 bits per heavy atom. The molecule has 134 valence electrons. The number of amides is 4. The van der Waals surface area contributed by atoms with Gasteiger partial charge in [0.25, 0.3) is 0 Å². The molecule has 2 aliphatic heterocycles. The van der Waals surface area contributed by atoms with Crippen molar-refractivity contribution in [2.75, 3.05) is 25.2 Å². The highest BCUT2D eigenvalue weighted by atomic mass is 32.1. The molecule has 1 aromatic heterocycles. The second kappa shape index (κ2) is 6.54. The van der Waals surface area contributed by atoms with E-state index in [9.17, 15) is 14.4 Å². The minimum Gasteiger partial charge on any atom is -0.497 e. The largest absolute Gasteiger partial charge is 0.497 e. The van der Waals surface area contributed by atoms with Gasteiger partial charge in [-0.15, -0.1) is 11.3 Å². The average molecular weight is 371 g/mol. The number of thiophene rings is 1. The number of methoxy groups -OCH3 is 1. The molecule has 0 bridgehead atoms. The molecule has 0 saturated carbocycles. The van der Waals surface area contributed by atoms with Crippen molar-refractivity contribution in [1.29, 1.82) is 0 Å². The van der Waals surface area contributed by atoms with Crippen LogP contribution in [0.2, 0.25) is 0 Å². The zero-order chi connectivity index (χ0) is 18.3. The predicted octanol–water partition coefficient (Wildman–Crippen LogP) is 2.07. The van der Waals surface area contributed by atoms with Crippen molar-refractivity contribution in [3.63, 3.8) is 0 Å². The second-order valence-electron chi connectivity index (χ2n) is 6.17. The normalized spacial score (nSPS) is 17.8. The molecular formula is C18H17N3O4S. The Hall–Kier alpha value is -2.71. The van der Waals surface area contributed by atoms with Crippen LogP contribution in [0.4, 0.5) is 10.5 Å². The summed E-state index contributed by atoms with van der Waals surface area (Å²) in [6, 6.07) is 7.92. The number of ether oxygens (including phenoxy) is 1. The third kappa shape index (κ3) is 2.77. The van der Waals surface area contributed by atoms with Crippen LogP contribution in [0.25, 0.3) is 0 Å². The van der Waals surface area contributed by atoms with E-state index in [1.54, 1.807) is 35.6 Å². The Labute approximate surface area is 154 Å². The first-order valence-electron chi connectivity index (χ1n) is 8.20. The number of nitrogens with zero attached hydrogens (tertiary/aromatic N) is 3. The zero-order valence-electron chi connectivity index (χ0n) is 14.2. The van der Waals surface area contributed by atoms with Crippen molar-refractivity contribution >= 4 is 34.9 Å². The summed E-state index contributed by atoms with van der Waals surface area (Å²) in [4.78, 5) is 42.7. The average Bonchev–Trinajstić information content (AvgIpc) is 3.20. The van der Waals surface area contributed by atoms with Crippen molar-refractivity contribution in [2.24, 2.45) is 0 Å². The van der Waals surface area contributed by atoms with Crippen LogP contribution in [0.15, 0.2) is 35.7 Å². The lowest BCUT2D eigenvalue weighted by atomic mass is 10.1. The first kappa shape index (κ1) is 16.7. The minimum absolute atomic E-state index is 0.116. The molecule has 3 heterocycles. The Morgan fingerprint density at radius 2 is 1.85 bits per heavy atom. The Kier molecular flexibility index (Phi) is 4.21. The lowest BCUT2D eigenvalue weighted by Crippen LogP contribution is -2.44. The molecule has 2 aliphatic rings. The van der Waals surface area contributed by atoms with E-state index in [0.717, 1.165) is 22.8 Å². The Morgan fingerprint density at radius 3 is 2.58 bits per heavy atom. The lowest BCUT2D eigenvalue weighted by Gasteiger charge is -2.29. The summed E-state index contributed by atoms with van der Waals surface area (Å²) >= 11 is 1.73. The van der Waals surface area contributed by atoms with E-state index in [0.29, 0.717) is 18.0 Å². The van der Waals surface area contributed by atoms with Crippen molar-refractivity contribution in [3.05, 3.63) is 46.2 Å². The van der Waals surface area contributed by atoms with Crippen molar-refractivity contribution in [2.45, 2.75) is 13.0 Å². The fraction of sp³-hybridized carbons (Fsp3) is 0.278. The van der Waals surface area contributed by atoms with Crippen molar-refractivity contribution in [1.82, 2.24) is 9.80 Å². The van der Waals surface area contributed by atoms with Crippen LogP contribution in [0.1, 0.15) is 10.4 Å². The molecular weight excluding hydrogens is 354 g/mol. The molecule has 26 heavy (non-hydrogen) atoms. The van der Waals surface area contributed by atoms with Gasteiger partial charge >= 0.3 is 17.8 Å². The highest BCUT2D eigenvalue weighted by Gasteiger charge is 2.46. The number of anilines is 1. The fourth-order valence-electron chi connectivity index (χ4n) is 3.22. The number of fused-ring (bicyclic) bond motifs is 1. The molecule has 1 fully saturated rings. The van der Waals surface area contributed by atoms with Crippen LogP contribution in [-0.2, 0) is 22.6 Å². The standard InChI is InChI=1S/C18H17N3O4S/c1-25-14-4-2-13(3-5-14)21-17(23)16(22)20(18(21)24)11-19-8-6-15-12(10-19)7-9-26-15/h2-5,7,9H,6,8,10-11H2,1H3. The lowest BCUT2D eigenvalue weighted by molar-refractivity contribution is -0.140. The van der Waals surface area contributed by atoms with Crippen molar-refractivity contribution in [3.8, 4) is 5.75 Å². The number of benzene rings is 1. The molecule has 0 radical (unpaired) electrons. The third-order valence-corrected chi connectivity index (χ3v) is 5.64. The number of carbonyl (C=O) groups is 3. The quantitative estimate of drug-likeness (QED) is 0.608. The zero-order valence-corrected chi connectivity index (χ0v) is 15.0. The molecule has 2 aromatic rings. The number of hydrogen-bond acceptors (Lipinski definition) is 6. The summed E-state index contributed by atoms with van der Waals surface area (Å²) in [5.74, 6) is -1.01. The van der Waals surface area contributed by atoms with Gasteiger partial charge in [-0.1, -0.05) is 0 Å². The monoisotopic (exact) mass is 371 g/mol. The van der Waals surface area contributed by atoms with Crippen LogP contribution in [0.5, 0.6) is 5.75 Å². The van der Waals surface area contributed by atoms with Crippen LogP contribution in [0.3, 0.4) is 0 Å². The molecule has 1 saturated heterocycles. The summed E-state index contributed by atoms with van der Waals surface area (Å²) in [6.45, 7) is 1.54. The fourth-order valence-corrected chi connectivity index (χ4v) is 4.11. The van der Waals surface area contributed by atoms with Crippen LogP contribution >= 0.6 is 11.3 Å². The molecule has 8 heteroatoms. The summed E-state index contributed by atoms with van der Waals surface area (Å²) in [5.41, 5.74) is 1.58. The molecule has 0 atom stereocenters. The molecule has 1 aromatic carbocycles. The highest BCUT2D eigenvalue weighted by Crippen LogP contribution is 2.27. The number of urea groups is 1. The topological polar surface area (TPSA) is 70.2 Å². The Bertz CT molecular complexity index is 877. The number of carbonyl (C=O) groups excluding carboxylic acids is 3. The van der Waals surface area contributed by atoms with Gasteiger partial charge in [-0.25, -0.2) is 14.6 Å². The van der Waals surface area contributed by atoms with Gasteiger partial charge in [0.15, 0.2) is 0 Å². The van der Waals surface area contributed by atoms with E-state index >= 15 is 0 Å². The maximum absolute atomic E-state index is 12.7. The maximum atomic E-state index is 12.7. The summed E-state index contributed by atoms with van der Waals surface area (Å²) in [7, 11) is 1.53. The van der Waals surface area contributed by atoms with Gasteiger partial charge in [0.2, 0.25) is 0 Å². The SMILES string of the molecule is COc1ccc(N2C(=O)C(=O)N(CN3CCc4sccc4C3)C2=O)cc1. The first-order valence-corrected chi connectivity index (χ1v) is 9.08. The van der Waals surface area contributed by atoms with Crippen LogP contribution < -0.4 is 9.64 Å². The third-order valence-electron chi connectivity index (χ3n) is 4.61. The molecule has 0 unspecified atom stereocenters. The van der Waals surface area contributed by atoms with Crippen LogP contribution in [-0.4, -0.2) is 48.0 Å². The van der Waals surface area contributed by atoms with Gasteiger partial charge in [0, 0.05) is 18.0 Å². The van der Waals surface area contributed by atoms with E-state index in [-0.39, 0.29) is 6.67 Å². The molecule has 4 rings (SSSR count). The van der Waals surface area contributed by atoms with E-state index in [1.165, 1.54) is 17.6 Å². The molecule has 7 nitrogen and oxygen atoms in total. The Balaban J connectivity index is 1.52. The van der Waals surface area contributed by atoms with E-state index in [4.69, 9.17) is 4.74 Å². The molecule has 0 spiro atoms. The number of rotatable bonds is 4. The van der Waals surface area contributed by atoms with Gasteiger partial charge in [-0.3, -0.25) is 14.5 Å². The van der Waals surface area contributed by atoms with Gasteiger partial charge in [0.1, 0.15) is 5.75 Å². The minimum atomic E-state index is -0.826. The van der Waals surface area contributed by atoms with Crippen molar-refractivity contribution < 1.29 is 19.1 Å². The second-order valence-corrected chi connectivity index (χ2v) is 7.17. The van der Waals surface area contributed by atoms with E-state index in [1.807, 2.05) is 4.90 Å². The summed E-state index contributed by atoms with van der Waals surface area (Å²) in [6.07, 6.45) is 0.888. The van der Waals surface area contributed by atoms with Gasteiger partial charge in [0.05, 0.1) is 19.5 Å². The van der Waals surface area contributed by atoms with Gasteiger partial charge < -0.3 is 4.74 Å². The van der Waals surface area contributed by atoms with E-state index < -0.39 is 17.8 Å². The smallest absolute Gasteiger partial charge is 0.340 e. The van der Waals surface area contributed by atoms with Gasteiger partial charge in [-0.2, -0.15) is 0 Å². The molecule has 0 N–H and O–H groups in total. The number of imide groups is 2. The number of hydrogen-bond donors (Lipinski definition) is 0. The summed E-state index contributed by atoms with van der Waals surface area (Å²) < 4.78 is 5.08. The van der Waals surface area contributed by atoms with Crippen LogP contribution in [0, 0.1) is 0 Å². The highest BCUT2D eigenvalue weighted by molar-refractivity contribution is 7.10. The molecule has 0 aliphatic carbocycles. The molecule has 4 amide bonds. The van der Waals surface area contributed by atoms with Gasteiger partial charge in [-0.05, 0) is 47.7 Å². The summed E-state index contributed by atoms with van der Waals surface area (Å²) in [5, 5.41) is 2.05. The predicted molar refractivity (Wildman–Crippen MR) is 96.0 cm³/mol. The maximum Gasteiger partial charge on any atom is 0.340 e.